The highest BCUT2D eigenvalue weighted by Crippen LogP contribution is 2.53. The fourth-order valence-electron chi connectivity index (χ4n) is 3.52. The molecule has 1 saturated carbocycles. The largest absolute Gasteiger partial charge is 0.389 e. The number of hydrogen-bond donors (Lipinski definition) is 0. The second-order valence-electron chi connectivity index (χ2n) is 5.55. The van der Waals surface area contributed by atoms with Crippen molar-refractivity contribution in [1.82, 2.24) is 0 Å². The van der Waals surface area contributed by atoms with Crippen LogP contribution in [0.5, 0.6) is 0 Å². The number of allylic oxidation sites excluding steroid dienone is 2. The molecule has 2 nitrogen and oxygen atoms in total. The summed E-state index contributed by atoms with van der Waals surface area (Å²) in [7, 11) is -1.88. The van der Waals surface area contributed by atoms with Crippen LogP contribution in [0.1, 0.15) is 26.7 Å². The minimum Gasteiger partial charge on any atom is -0.389 e. The highest BCUT2D eigenvalue weighted by Gasteiger charge is 2.55. The molecule has 1 aliphatic heterocycles. The second kappa shape index (κ2) is 3.19. The zero-order valence-electron chi connectivity index (χ0n) is 9.77. The third kappa shape index (κ3) is 1.44. The van der Waals surface area contributed by atoms with E-state index in [1.54, 1.807) is 0 Å². The van der Waals surface area contributed by atoms with Crippen LogP contribution in [0, 0.1) is 11.8 Å². The zero-order valence-corrected chi connectivity index (χ0v) is 10.8. The van der Waals surface area contributed by atoms with Gasteiger partial charge < -0.3 is 8.85 Å². The SMILES string of the molecule is CC1O[Si](C)(C2CC3C=CC2C3)OC1C. The summed E-state index contributed by atoms with van der Waals surface area (Å²) in [6.07, 6.45) is 8.04. The van der Waals surface area contributed by atoms with E-state index >= 15 is 0 Å². The molecule has 0 spiro atoms. The molecule has 2 bridgehead atoms. The first-order chi connectivity index (χ1) is 7.08. The van der Waals surface area contributed by atoms with Gasteiger partial charge in [0.15, 0.2) is 0 Å². The van der Waals surface area contributed by atoms with Crippen molar-refractivity contribution in [2.45, 2.75) is 51.0 Å². The summed E-state index contributed by atoms with van der Waals surface area (Å²) in [4.78, 5) is 0. The lowest BCUT2D eigenvalue weighted by molar-refractivity contribution is 0.187. The van der Waals surface area contributed by atoms with Crippen molar-refractivity contribution in [1.29, 1.82) is 0 Å². The highest BCUT2D eigenvalue weighted by atomic mass is 28.4. The summed E-state index contributed by atoms with van der Waals surface area (Å²) in [5.74, 6) is 1.58. The van der Waals surface area contributed by atoms with Gasteiger partial charge in [-0.25, -0.2) is 0 Å². The van der Waals surface area contributed by atoms with Gasteiger partial charge in [0.25, 0.3) is 0 Å². The van der Waals surface area contributed by atoms with Crippen LogP contribution in [0.4, 0.5) is 0 Å². The van der Waals surface area contributed by atoms with Crippen molar-refractivity contribution < 1.29 is 8.85 Å². The summed E-state index contributed by atoms with van der Waals surface area (Å²) in [5.41, 5.74) is 0.708. The average Bonchev–Trinajstić information content (AvgIpc) is 2.82. The maximum atomic E-state index is 6.18. The molecule has 5 unspecified atom stereocenters. The molecule has 2 fully saturated rings. The Hall–Kier alpha value is -0.123. The first-order valence-electron chi connectivity index (χ1n) is 6.12. The van der Waals surface area contributed by atoms with Crippen molar-refractivity contribution in [3.63, 3.8) is 0 Å². The van der Waals surface area contributed by atoms with Gasteiger partial charge in [-0.3, -0.25) is 0 Å². The molecular formula is C12H20O2Si. The van der Waals surface area contributed by atoms with Crippen molar-refractivity contribution in [3.05, 3.63) is 12.2 Å². The first-order valence-corrected chi connectivity index (χ1v) is 8.52. The fraction of sp³-hybridized carbons (Fsp3) is 0.833. The molecule has 1 saturated heterocycles. The monoisotopic (exact) mass is 224 g/mol. The van der Waals surface area contributed by atoms with Gasteiger partial charge in [-0.1, -0.05) is 12.2 Å². The van der Waals surface area contributed by atoms with E-state index in [-0.39, 0.29) is 0 Å². The normalized spacial score (nSPS) is 57.9. The molecular weight excluding hydrogens is 204 g/mol. The molecule has 0 aromatic heterocycles. The van der Waals surface area contributed by atoms with Crippen molar-refractivity contribution in [2.24, 2.45) is 11.8 Å². The first kappa shape index (κ1) is 10.1. The summed E-state index contributed by atoms with van der Waals surface area (Å²) >= 11 is 0. The molecule has 3 rings (SSSR count). The Labute approximate surface area is 92.9 Å². The topological polar surface area (TPSA) is 18.5 Å². The van der Waals surface area contributed by atoms with Gasteiger partial charge in [-0.2, -0.15) is 0 Å². The highest BCUT2D eigenvalue weighted by molar-refractivity contribution is 6.68. The molecule has 3 heteroatoms. The lowest BCUT2D eigenvalue weighted by Crippen LogP contribution is -2.41. The maximum absolute atomic E-state index is 6.18. The molecule has 0 N–H and O–H groups in total. The minimum absolute atomic E-state index is 0.296. The third-order valence-electron chi connectivity index (χ3n) is 4.45. The van der Waals surface area contributed by atoms with E-state index in [1.165, 1.54) is 12.8 Å². The van der Waals surface area contributed by atoms with Crippen LogP contribution in [0.15, 0.2) is 12.2 Å². The molecule has 0 radical (unpaired) electrons. The number of rotatable bonds is 1. The van der Waals surface area contributed by atoms with Crippen LogP contribution >= 0.6 is 0 Å². The van der Waals surface area contributed by atoms with E-state index in [2.05, 4.69) is 32.5 Å². The predicted molar refractivity (Wildman–Crippen MR) is 61.8 cm³/mol. The molecule has 0 amide bonds. The average molecular weight is 224 g/mol. The van der Waals surface area contributed by atoms with Crippen molar-refractivity contribution in [2.75, 3.05) is 0 Å². The lowest BCUT2D eigenvalue weighted by atomic mass is 10.1. The molecule has 84 valence electrons. The van der Waals surface area contributed by atoms with Gasteiger partial charge in [0.2, 0.25) is 0 Å². The Bertz CT molecular complexity index is 292. The van der Waals surface area contributed by atoms with Crippen LogP contribution in [0.3, 0.4) is 0 Å². The van der Waals surface area contributed by atoms with Gasteiger partial charge in [0.1, 0.15) is 0 Å². The third-order valence-corrected chi connectivity index (χ3v) is 8.14. The smallest absolute Gasteiger partial charge is 0.339 e. The summed E-state index contributed by atoms with van der Waals surface area (Å²) in [6.45, 7) is 6.56. The summed E-state index contributed by atoms with van der Waals surface area (Å²) in [5, 5.41) is 0. The van der Waals surface area contributed by atoms with E-state index in [0.717, 1.165) is 11.8 Å². The van der Waals surface area contributed by atoms with Gasteiger partial charge in [0, 0.05) is 5.54 Å². The van der Waals surface area contributed by atoms with Crippen LogP contribution in [-0.2, 0) is 8.85 Å². The summed E-state index contributed by atoms with van der Waals surface area (Å²) in [6, 6.07) is 0. The molecule has 15 heavy (non-hydrogen) atoms. The van der Waals surface area contributed by atoms with Gasteiger partial charge >= 0.3 is 8.56 Å². The Balaban J connectivity index is 1.80. The van der Waals surface area contributed by atoms with Crippen LogP contribution in [0.2, 0.25) is 12.1 Å². The van der Waals surface area contributed by atoms with E-state index < -0.39 is 8.56 Å². The molecule has 3 aliphatic rings. The molecule has 1 heterocycles. The standard InChI is InChI=1S/C12H20O2Si/c1-8-9(2)14-15(3,13-8)12-7-10-4-5-11(12)6-10/h4-5,8-12H,6-7H2,1-3H3. The maximum Gasteiger partial charge on any atom is 0.339 e. The summed E-state index contributed by atoms with van der Waals surface area (Å²) < 4.78 is 12.4. The van der Waals surface area contributed by atoms with Crippen LogP contribution in [-0.4, -0.2) is 20.8 Å². The van der Waals surface area contributed by atoms with E-state index in [0.29, 0.717) is 17.7 Å². The van der Waals surface area contributed by atoms with Crippen LogP contribution < -0.4 is 0 Å². The van der Waals surface area contributed by atoms with Crippen molar-refractivity contribution >= 4 is 8.56 Å². The Kier molecular flexibility index (Phi) is 2.14. The molecule has 5 atom stereocenters. The zero-order chi connectivity index (χ0) is 10.6. The Morgan fingerprint density at radius 2 is 1.73 bits per heavy atom. The quantitative estimate of drug-likeness (QED) is 0.504. The lowest BCUT2D eigenvalue weighted by Gasteiger charge is -2.30. The van der Waals surface area contributed by atoms with E-state index in [1.807, 2.05) is 0 Å². The fourth-order valence-corrected chi connectivity index (χ4v) is 7.54. The predicted octanol–water partition coefficient (Wildman–Crippen LogP) is 2.85. The van der Waals surface area contributed by atoms with Crippen LogP contribution in [0.25, 0.3) is 0 Å². The minimum atomic E-state index is -1.88. The van der Waals surface area contributed by atoms with Gasteiger partial charge in [-0.15, -0.1) is 0 Å². The van der Waals surface area contributed by atoms with Gasteiger partial charge in [0.05, 0.1) is 12.2 Å². The Morgan fingerprint density at radius 3 is 2.20 bits per heavy atom. The van der Waals surface area contributed by atoms with Gasteiger partial charge in [-0.05, 0) is 45.1 Å². The van der Waals surface area contributed by atoms with E-state index in [4.69, 9.17) is 8.85 Å². The Morgan fingerprint density at radius 1 is 1.07 bits per heavy atom. The number of hydrogen-bond acceptors (Lipinski definition) is 2. The van der Waals surface area contributed by atoms with Crippen molar-refractivity contribution in [3.8, 4) is 0 Å². The molecule has 0 aromatic rings. The second-order valence-corrected chi connectivity index (χ2v) is 8.79. The molecule has 0 aromatic carbocycles. The number of fused-ring (bicyclic) bond motifs is 2. The van der Waals surface area contributed by atoms with E-state index in [9.17, 15) is 0 Å². The molecule has 2 aliphatic carbocycles.